The first-order valence-corrected chi connectivity index (χ1v) is 10.8. The molecule has 3 nitrogen and oxygen atoms in total. The highest BCUT2D eigenvalue weighted by molar-refractivity contribution is 6.08. The maximum absolute atomic E-state index is 6.22. The molecule has 0 saturated carbocycles. The quantitative estimate of drug-likeness (QED) is 0.290. The lowest BCUT2D eigenvalue weighted by molar-refractivity contribution is 0.653. The van der Waals surface area contributed by atoms with E-state index in [0.717, 1.165) is 38.9 Å². The van der Waals surface area contributed by atoms with E-state index in [4.69, 9.17) is 9.40 Å². The Labute approximate surface area is 186 Å². The number of aryl methyl sites for hydroxylation is 3. The van der Waals surface area contributed by atoms with Gasteiger partial charge in [0, 0.05) is 28.2 Å². The van der Waals surface area contributed by atoms with E-state index in [2.05, 4.69) is 85.6 Å². The van der Waals surface area contributed by atoms with Gasteiger partial charge in [0.05, 0.1) is 5.69 Å². The van der Waals surface area contributed by atoms with E-state index < -0.39 is 0 Å². The van der Waals surface area contributed by atoms with E-state index in [1.54, 1.807) is 0 Å². The van der Waals surface area contributed by atoms with E-state index in [0.29, 0.717) is 5.71 Å². The van der Waals surface area contributed by atoms with Gasteiger partial charge in [-0.3, -0.25) is 4.98 Å². The average molecular weight is 415 g/mol. The van der Waals surface area contributed by atoms with Crippen LogP contribution in [0, 0.1) is 20.8 Å². The Balaban J connectivity index is 1.58. The van der Waals surface area contributed by atoms with Crippen LogP contribution in [-0.2, 0) is 0 Å². The molecule has 0 bridgehead atoms. The highest BCUT2D eigenvalue weighted by Gasteiger charge is 2.16. The van der Waals surface area contributed by atoms with E-state index in [9.17, 15) is 0 Å². The molecule has 0 saturated heterocycles. The molecule has 3 heteroatoms. The summed E-state index contributed by atoms with van der Waals surface area (Å²) in [5.41, 5.74) is 9.20. The Morgan fingerprint density at radius 1 is 0.688 bits per heavy atom. The molecule has 6 aromatic rings. The Morgan fingerprint density at radius 2 is 1.53 bits per heavy atom. The van der Waals surface area contributed by atoms with Crippen LogP contribution in [0.5, 0.6) is 0 Å². The standard InChI is InChI=1S/C29H22N2O/c1-17-16-30-27(15-26(17)22-14-12-20-7-4-5-8-21(20)19(22)3)25-10-6-9-23-24-13-11-18(2)31-29(24)32-28(23)25/h4-16H,1-3H3. The number of furan rings is 1. The van der Waals surface area contributed by atoms with Gasteiger partial charge < -0.3 is 4.42 Å². The third-order valence-corrected chi connectivity index (χ3v) is 6.37. The summed E-state index contributed by atoms with van der Waals surface area (Å²) >= 11 is 0. The largest absolute Gasteiger partial charge is 0.437 e. The number of rotatable bonds is 2. The molecule has 0 atom stereocenters. The Hall–Kier alpha value is -3.98. The molecule has 3 heterocycles. The Kier molecular flexibility index (Phi) is 4.12. The molecule has 0 unspecified atom stereocenters. The fraction of sp³-hybridized carbons (Fsp3) is 0.103. The third kappa shape index (κ3) is 2.82. The minimum absolute atomic E-state index is 0.671. The fourth-order valence-corrected chi connectivity index (χ4v) is 4.65. The summed E-state index contributed by atoms with van der Waals surface area (Å²) in [6.45, 7) is 6.30. The van der Waals surface area contributed by atoms with Crippen molar-refractivity contribution in [3.8, 4) is 22.4 Å². The fourth-order valence-electron chi connectivity index (χ4n) is 4.65. The first-order chi connectivity index (χ1) is 15.6. The zero-order valence-electron chi connectivity index (χ0n) is 18.3. The molecule has 0 aliphatic carbocycles. The van der Waals surface area contributed by atoms with Gasteiger partial charge in [0.15, 0.2) is 0 Å². The number of benzene rings is 3. The Bertz CT molecular complexity index is 1660. The van der Waals surface area contributed by atoms with Crippen molar-refractivity contribution in [2.75, 3.05) is 0 Å². The second kappa shape index (κ2) is 7.03. The summed E-state index contributed by atoms with van der Waals surface area (Å²) in [5.74, 6) is 0. The van der Waals surface area contributed by atoms with Crippen LogP contribution in [0.4, 0.5) is 0 Å². The van der Waals surface area contributed by atoms with Crippen LogP contribution in [0.3, 0.4) is 0 Å². The Morgan fingerprint density at radius 3 is 2.44 bits per heavy atom. The van der Waals surface area contributed by atoms with Gasteiger partial charge in [-0.15, -0.1) is 0 Å². The number of para-hydroxylation sites is 1. The van der Waals surface area contributed by atoms with Crippen molar-refractivity contribution in [1.29, 1.82) is 0 Å². The highest BCUT2D eigenvalue weighted by Crippen LogP contribution is 2.37. The van der Waals surface area contributed by atoms with Crippen molar-refractivity contribution in [2.45, 2.75) is 20.8 Å². The first-order valence-electron chi connectivity index (χ1n) is 10.8. The predicted octanol–water partition coefficient (Wildman–Crippen LogP) is 7.79. The monoisotopic (exact) mass is 414 g/mol. The lowest BCUT2D eigenvalue weighted by Crippen LogP contribution is -1.93. The smallest absolute Gasteiger partial charge is 0.227 e. The van der Waals surface area contributed by atoms with Gasteiger partial charge in [0.2, 0.25) is 5.71 Å². The minimum atomic E-state index is 0.671. The van der Waals surface area contributed by atoms with Crippen molar-refractivity contribution >= 4 is 32.8 Å². The van der Waals surface area contributed by atoms with Crippen LogP contribution in [0.25, 0.3) is 55.2 Å². The molecule has 0 amide bonds. The lowest BCUT2D eigenvalue weighted by atomic mass is 9.92. The van der Waals surface area contributed by atoms with E-state index in [1.165, 1.54) is 27.5 Å². The second-order valence-corrected chi connectivity index (χ2v) is 8.43. The normalized spacial score (nSPS) is 11.6. The maximum atomic E-state index is 6.22. The zero-order valence-corrected chi connectivity index (χ0v) is 18.3. The van der Waals surface area contributed by atoms with Gasteiger partial charge in [-0.1, -0.05) is 48.5 Å². The van der Waals surface area contributed by atoms with Crippen molar-refractivity contribution < 1.29 is 4.42 Å². The van der Waals surface area contributed by atoms with Gasteiger partial charge in [-0.2, -0.15) is 0 Å². The number of pyridine rings is 2. The number of hydrogen-bond donors (Lipinski definition) is 0. The molecule has 0 N–H and O–H groups in total. The maximum Gasteiger partial charge on any atom is 0.227 e. The molecule has 3 aromatic heterocycles. The van der Waals surface area contributed by atoms with Crippen molar-refractivity contribution in [3.05, 3.63) is 95.8 Å². The van der Waals surface area contributed by atoms with Gasteiger partial charge in [0.25, 0.3) is 0 Å². The zero-order chi connectivity index (χ0) is 21.8. The molecule has 32 heavy (non-hydrogen) atoms. The highest BCUT2D eigenvalue weighted by atomic mass is 16.3. The topological polar surface area (TPSA) is 38.9 Å². The molecule has 6 rings (SSSR count). The van der Waals surface area contributed by atoms with Crippen molar-refractivity contribution in [3.63, 3.8) is 0 Å². The predicted molar refractivity (Wildman–Crippen MR) is 132 cm³/mol. The summed E-state index contributed by atoms with van der Waals surface area (Å²) in [6, 6.07) is 25.5. The van der Waals surface area contributed by atoms with Crippen molar-refractivity contribution in [1.82, 2.24) is 9.97 Å². The number of aromatic nitrogens is 2. The summed E-state index contributed by atoms with van der Waals surface area (Å²) in [7, 11) is 0. The van der Waals surface area contributed by atoms with E-state index in [1.807, 2.05) is 19.2 Å². The van der Waals surface area contributed by atoms with Crippen molar-refractivity contribution in [2.24, 2.45) is 0 Å². The third-order valence-electron chi connectivity index (χ3n) is 6.37. The lowest BCUT2D eigenvalue weighted by Gasteiger charge is -2.13. The molecular formula is C29H22N2O. The molecule has 154 valence electrons. The molecule has 0 fully saturated rings. The molecule has 0 aliphatic rings. The molecule has 3 aromatic carbocycles. The van der Waals surface area contributed by atoms with Crippen LogP contribution in [0.15, 0.2) is 83.4 Å². The average Bonchev–Trinajstić information content (AvgIpc) is 3.18. The van der Waals surface area contributed by atoms with Gasteiger partial charge >= 0.3 is 0 Å². The van der Waals surface area contributed by atoms with Crippen LogP contribution in [0.2, 0.25) is 0 Å². The van der Waals surface area contributed by atoms with E-state index in [-0.39, 0.29) is 0 Å². The van der Waals surface area contributed by atoms with Gasteiger partial charge in [0.1, 0.15) is 5.58 Å². The summed E-state index contributed by atoms with van der Waals surface area (Å²) in [5, 5.41) is 4.64. The summed E-state index contributed by atoms with van der Waals surface area (Å²) < 4.78 is 6.22. The van der Waals surface area contributed by atoms with Gasteiger partial charge in [-0.25, -0.2) is 4.98 Å². The number of fused-ring (bicyclic) bond motifs is 4. The van der Waals surface area contributed by atoms with Crippen LogP contribution in [0.1, 0.15) is 16.8 Å². The van der Waals surface area contributed by atoms with E-state index >= 15 is 0 Å². The van der Waals surface area contributed by atoms with Gasteiger partial charge in [-0.05, 0) is 78.1 Å². The van der Waals surface area contributed by atoms with Crippen LogP contribution in [-0.4, -0.2) is 9.97 Å². The number of hydrogen-bond acceptors (Lipinski definition) is 3. The summed E-state index contributed by atoms with van der Waals surface area (Å²) in [4.78, 5) is 9.36. The number of nitrogens with zero attached hydrogens (tertiary/aromatic N) is 2. The molecule has 0 spiro atoms. The minimum Gasteiger partial charge on any atom is -0.437 e. The second-order valence-electron chi connectivity index (χ2n) is 8.43. The molecular weight excluding hydrogens is 392 g/mol. The van der Waals surface area contributed by atoms with Crippen LogP contribution < -0.4 is 0 Å². The molecule has 0 aliphatic heterocycles. The first kappa shape index (κ1) is 18.8. The summed E-state index contributed by atoms with van der Waals surface area (Å²) in [6.07, 6.45) is 1.96. The molecule has 0 radical (unpaired) electrons. The van der Waals surface area contributed by atoms with Crippen LogP contribution >= 0.6 is 0 Å². The SMILES string of the molecule is Cc1ccc2c(n1)oc1c(-c3cc(-c4ccc5ccccc5c4C)c(C)cn3)cccc12.